The lowest BCUT2D eigenvalue weighted by Gasteiger charge is -2.30. The van der Waals surface area contributed by atoms with Crippen LogP contribution in [0, 0.1) is 0 Å². The molecule has 0 aliphatic carbocycles. The third-order valence-electron chi connectivity index (χ3n) is 9.74. The quantitative estimate of drug-likeness (QED) is 0.0877. The van der Waals surface area contributed by atoms with Crippen molar-refractivity contribution in [2.24, 2.45) is 0 Å². The predicted octanol–water partition coefficient (Wildman–Crippen LogP) is 9.18. The highest BCUT2D eigenvalue weighted by molar-refractivity contribution is 5.14. The van der Waals surface area contributed by atoms with Gasteiger partial charge in [-0.3, -0.25) is 0 Å². The summed E-state index contributed by atoms with van der Waals surface area (Å²) < 4.78 is 32.5. The molecule has 270 valence electrons. The van der Waals surface area contributed by atoms with Crippen LogP contribution in [0.4, 0.5) is 0 Å². The molecule has 1 aromatic heterocycles. The minimum atomic E-state index is 0.0498. The number of benzene rings is 2. The van der Waals surface area contributed by atoms with E-state index in [2.05, 4.69) is 65.0 Å². The van der Waals surface area contributed by atoms with Gasteiger partial charge in [-0.25, -0.2) is 4.68 Å². The summed E-state index contributed by atoms with van der Waals surface area (Å²) in [5.74, 6) is 0. The number of aromatic nitrogens is 3. The van der Waals surface area contributed by atoms with E-state index < -0.39 is 0 Å². The molecule has 0 N–H and O–H groups in total. The van der Waals surface area contributed by atoms with Crippen molar-refractivity contribution in [3.8, 4) is 0 Å². The Bertz CT molecular complexity index is 1240. The fourth-order valence-electron chi connectivity index (χ4n) is 6.96. The Hall–Kier alpha value is -2.62. The zero-order valence-corrected chi connectivity index (χ0v) is 29.8. The first kappa shape index (κ1) is 37.6. The Morgan fingerprint density at radius 1 is 0.571 bits per heavy atom. The Morgan fingerprint density at radius 2 is 1.10 bits per heavy atom. The Balaban J connectivity index is 0.855. The summed E-state index contributed by atoms with van der Waals surface area (Å²) in [6, 6.07) is 20.8. The van der Waals surface area contributed by atoms with Crippen LogP contribution in [0.15, 0.2) is 66.9 Å². The smallest absolute Gasteiger partial charge is 0.111 e. The van der Waals surface area contributed by atoms with Crippen LogP contribution in [0.2, 0.25) is 0 Å². The van der Waals surface area contributed by atoms with Crippen LogP contribution < -0.4 is 0 Å². The van der Waals surface area contributed by atoms with Crippen molar-refractivity contribution < 1.29 is 23.7 Å². The second-order valence-corrected chi connectivity index (χ2v) is 13.9. The van der Waals surface area contributed by atoms with Gasteiger partial charge in [0.05, 0.1) is 44.3 Å². The highest BCUT2D eigenvalue weighted by Gasteiger charge is 2.27. The van der Waals surface area contributed by atoms with Gasteiger partial charge in [-0.1, -0.05) is 78.7 Å². The average Bonchev–Trinajstić information content (AvgIpc) is 3.61. The van der Waals surface area contributed by atoms with Crippen molar-refractivity contribution in [3.05, 3.63) is 83.7 Å². The largest absolute Gasteiger partial charge is 0.381 e. The van der Waals surface area contributed by atoms with E-state index in [1.807, 2.05) is 16.8 Å². The van der Waals surface area contributed by atoms with E-state index in [0.717, 1.165) is 116 Å². The monoisotopic (exact) mass is 675 g/mol. The molecule has 0 radical (unpaired) electrons. The summed E-state index contributed by atoms with van der Waals surface area (Å²) in [5, 5.41) is 9.00. The fraction of sp³-hybridized carbons (Fsp3) is 0.659. The van der Waals surface area contributed by atoms with Gasteiger partial charge in [-0.15, -0.1) is 5.10 Å². The number of nitrogens with zero attached hydrogens (tertiary/aromatic N) is 3. The van der Waals surface area contributed by atoms with Gasteiger partial charge in [0, 0.05) is 26.4 Å². The maximum absolute atomic E-state index is 6.50. The summed E-state index contributed by atoms with van der Waals surface area (Å²) in [7, 11) is 0. The summed E-state index contributed by atoms with van der Waals surface area (Å²) in [4.78, 5) is 0. The molecular weight excluding hydrogens is 614 g/mol. The maximum Gasteiger partial charge on any atom is 0.111 e. The summed E-state index contributed by atoms with van der Waals surface area (Å²) in [5.41, 5.74) is 3.44. The molecule has 4 atom stereocenters. The Kier molecular flexibility index (Phi) is 17.6. The molecule has 3 heterocycles. The van der Waals surface area contributed by atoms with E-state index in [-0.39, 0.29) is 12.2 Å². The average molecular weight is 676 g/mol. The summed E-state index contributed by atoms with van der Waals surface area (Å²) in [6.07, 6.45) is 21.1. The van der Waals surface area contributed by atoms with Crippen molar-refractivity contribution in [3.63, 3.8) is 0 Å². The number of hydrogen-bond donors (Lipinski definition) is 0. The number of unbranched alkanes of at least 4 members (excludes halogenated alkanes) is 5. The zero-order chi connectivity index (χ0) is 33.6. The second-order valence-electron chi connectivity index (χ2n) is 13.9. The van der Waals surface area contributed by atoms with Crippen LogP contribution in [0.25, 0.3) is 0 Å². The van der Waals surface area contributed by atoms with Crippen LogP contribution >= 0.6 is 0 Å². The van der Waals surface area contributed by atoms with E-state index in [0.29, 0.717) is 25.4 Å². The van der Waals surface area contributed by atoms with Crippen LogP contribution in [-0.4, -0.2) is 59.7 Å². The standard InChI is InChI=1S/C41H61N3O5/c1(2-12-29-46-33-35-17-5-3-6-18-35)11-27-45-28-13-9-21-37-23-15-25-39(48-37)31-44-32-40(42-43-44)41-26-16-24-38(49-41)22-10-14-30-47-34-36-19-7-4-8-20-36/h3-8,17-20,32,37-39,41H,1-2,9-16,21-31,33-34H2/t37-,38-,39-,41-/m0/s1. The third-order valence-corrected chi connectivity index (χ3v) is 9.74. The van der Waals surface area contributed by atoms with Crippen LogP contribution in [0.3, 0.4) is 0 Å². The first-order chi connectivity index (χ1) is 24.3. The molecule has 2 aromatic carbocycles. The normalized spacial score (nSPS) is 21.2. The van der Waals surface area contributed by atoms with Gasteiger partial charge >= 0.3 is 0 Å². The number of hydrogen-bond acceptors (Lipinski definition) is 7. The molecule has 0 spiro atoms. The molecule has 2 aliphatic heterocycles. The lowest BCUT2D eigenvalue weighted by molar-refractivity contribution is -0.0630. The molecular formula is C41H61N3O5. The molecule has 8 heteroatoms. The van der Waals surface area contributed by atoms with Gasteiger partial charge in [0.25, 0.3) is 0 Å². The lowest BCUT2D eigenvalue weighted by Crippen LogP contribution is -2.31. The molecule has 3 aromatic rings. The van der Waals surface area contributed by atoms with Crippen molar-refractivity contribution in [1.29, 1.82) is 0 Å². The molecule has 5 rings (SSSR count). The third kappa shape index (κ3) is 15.0. The minimum absolute atomic E-state index is 0.0498. The van der Waals surface area contributed by atoms with Gasteiger partial charge in [-0.05, 0) is 101 Å². The van der Waals surface area contributed by atoms with Gasteiger partial charge in [-0.2, -0.15) is 0 Å². The first-order valence-corrected chi connectivity index (χ1v) is 19.3. The maximum atomic E-state index is 6.50. The van der Waals surface area contributed by atoms with Crippen molar-refractivity contribution in [2.45, 2.75) is 147 Å². The molecule has 2 fully saturated rings. The van der Waals surface area contributed by atoms with Crippen molar-refractivity contribution in [2.75, 3.05) is 26.4 Å². The van der Waals surface area contributed by atoms with E-state index >= 15 is 0 Å². The molecule has 8 nitrogen and oxygen atoms in total. The fourth-order valence-corrected chi connectivity index (χ4v) is 6.96. The molecule has 2 aliphatic rings. The van der Waals surface area contributed by atoms with E-state index in [1.165, 1.54) is 36.8 Å². The number of rotatable bonds is 24. The van der Waals surface area contributed by atoms with Gasteiger partial charge < -0.3 is 23.7 Å². The molecule has 0 bridgehead atoms. The van der Waals surface area contributed by atoms with Gasteiger partial charge in [0.15, 0.2) is 0 Å². The molecule has 2 saturated heterocycles. The predicted molar refractivity (Wildman–Crippen MR) is 193 cm³/mol. The minimum Gasteiger partial charge on any atom is -0.381 e. The lowest BCUT2D eigenvalue weighted by atomic mass is 9.99. The Morgan fingerprint density at radius 3 is 1.73 bits per heavy atom. The topological polar surface area (TPSA) is 76.9 Å². The van der Waals surface area contributed by atoms with Crippen LogP contribution in [0.5, 0.6) is 0 Å². The van der Waals surface area contributed by atoms with E-state index in [4.69, 9.17) is 23.7 Å². The second kappa shape index (κ2) is 23.0. The molecule has 0 unspecified atom stereocenters. The Labute approximate surface area is 295 Å². The first-order valence-electron chi connectivity index (χ1n) is 19.3. The van der Waals surface area contributed by atoms with Crippen molar-refractivity contribution in [1.82, 2.24) is 15.0 Å². The summed E-state index contributed by atoms with van der Waals surface area (Å²) in [6.45, 7) is 5.52. The van der Waals surface area contributed by atoms with Gasteiger partial charge in [0.1, 0.15) is 11.8 Å². The zero-order valence-electron chi connectivity index (χ0n) is 29.8. The summed E-state index contributed by atoms with van der Waals surface area (Å²) >= 11 is 0. The van der Waals surface area contributed by atoms with E-state index in [1.54, 1.807) is 0 Å². The molecule has 49 heavy (non-hydrogen) atoms. The highest BCUT2D eigenvalue weighted by atomic mass is 16.5. The van der Waals surface area contributed by atoms with E-state index in [9.17, 15) is 0 Å². The SMILES string of the molecule is c1ccc(COCCCCCCOCCCC[C@H]2CCC[C@@H](Cn3cc([C@@H]4CCC[C@H](CCCCOCc5ccccc5)O4)nn3)O2)cc1. The van der Waals surface area contributed by atoms with Crippen molar-refractivity contribution >= 4 is 0 Å². The molecule has 0 saturated carbocycles. The van der Waals surface area contributed by atoms with Crippen LogP contribution in [0.1, 0.15) is 126 Å². The van der Waals surface area contributed by atoms with Crippen LogP contribution in [-0.2, 0) is 43.4 Å². The molecule has 0 amide bonds. The highest BCUT2D eigenvalue weighted by Crippen LogP contribution is 2.32. The van der Waals surface area contributed by atoms with Gasteiger partial charge in [0.2, 0.25) is 0 Å². The number of ether oxygens (including phenoxy) is 5.